The molecule has 1 heterocycles. The summed E-state index contributed by atoms with van der Waals surface area (Å²) >= 11 is 0. The lowest BCUT2D eigenvalue weighted by Gasteiger charge is -2.34. The average molecular weight is 320 g/mol. The SMILES string of the molecule is CCCCOc1ccc(C(CN)N2CCCCC2)cc1OCC. The van der Waals surface area contributed by atoms with Crippen LogP contribution in [0, 0.1) is 0 Å². The summed E-state index contributed by atoms with van der Waals surface area (Å²) in [5.41, 5.74) is 7.32. The summed E-state index contributed by atoms with van der Waals surface area (Å²) in [5.74, 6) is 1.69. The van der Waals surface area contributed by atoms with E-state index in [1.807, 2.05) is 13.0 Å². The first kappa shape index (κ1) is 18.1. The van der Waals surface area contributed by atoms with Gasteiger partial charge < -0.3 is 15.2 Å². The topological polar surface area (TPSA) is 47.7 Å². The van der Waals surface area contributed by atoms with Crippen LogP contribution in [0.2, 0.25) is 0 Å². The molecular weight excluding hydrogens is 288 g/mol. The third kappa shape index (κ3) is 5.11. The number of likely N-dealkylation sites (tertiary alicyclic amines) is 1. The van der Waals surface area contributed by atoms with E-state index in [9.17, 15) is 0 Å². The van der Waals surface area contributed by atoms with Gasteiger partial charge in [-0.05, 0) is 57.0 Å². The van der Waals surface area contributed by atoms with Crippen molar-refractivity contribution in [3.63, 3.8) is 0 Å². The van der Waals surface area contributed by atoms with E-state index in [1.54, 1.807) is 0 Å². The van der Waals surface area contributed by atoms with E-state index in [-0.39, 0.29) is 6.04 Å². The van der Waals surface area contributed by atoms with Crippen LogP contribution in [0.5, 0.6) is 11.5 Å². The van der Waals surface area contributed by atoms with Crippen LogP contribution < -0.4 is 15.2 Å². The number of nitrogens with two attached hydrogens (primary N) is 1. The Hall–Kier alpha value is -1.26. The van der Waals surface area contributed by atoms with Crippen molar-refractivity contribution in [1.29, 1.82) is 0 Å². The largest absolute Gasteiger partial charge is 0.490 e. The van der Waals surface area contributed by atoms with Gasteiger partial charge >= 0.3 is 0 Å². The van der Waals surface area contributed by atoms with Crippen molar-refractivity contribution in [1.82, 2.24) is 4.90 Å². The van der Waals surface area contributed by atoms with Crippen LogP contribution in [0.1, 0.15) is 57.6 Å². The highest BCUT2D eigenvalue weighted by Gasteiger charge is 2.22. The Balaban J connectivity index is 2.15. The Morgan fingerprint density at radius 2 is 1.87 bits per heavy atom. The van der Waals surface area contributed by atoms with Crippen LogP contribution in [0.15, 0.2) is 18.2 Å². The first-order valence-corrected chi connectivity index (χ1v) is 9.13. The van der Waals surface area contributed by atoms with Gasteiger partial charge in [-0.2, -0.15) is 0 Å². The third-order valence-electron chi connectivity index (χ3n) is 4.46. The van der Waals surface area contributed by atoms with Gasteiger partial charge in [-0.25, -0.2) is 0 Å². The van der Waals surface area contributed by atoms with Gasteiger partial charge in [0.2, 0.25) is 0 Å². The van der Waals surface area contributed by atoms with Gasteiger partial charge in [0.25, 0.3) is 0 Å². The molecule has 2 rings (SSSR count). The van der Waals surface area contributed by atoms with Crippen LogP contribution in [-0.4, -0.2) is 37.7 Å². The summed E-state index contributed by atoms with van der Waals surface area (Å²) in [4.78, 5) is 2.51. The molecular formula is C19H32N2O2. The highest BCUT2D eigenvalue weighted by Crippen LogP contribution is 2.33. The molecule has 0 radical (unpaired) electrons. The van der Waals surface area contributed by atoms with Crippen LogP contribution in [0.3, 0.4) is 0 Å². The lowest BCUT2D eigenvalue weighted by molar-refractivity contribution is 0.167. The average Bonchev–Trinajstić information content (AvgIpc) is 2.59. The van der Waals surface area contributed by atoms with E-state index in [2.05, 4.69) is 24.0 Å². The molecule has 130 valence electrons. The van der Waals surface area contributed by atoms with Crippen molar-refractivity contribution < 1.29 is 9.47 Å². The van der Waals surface area contributed by atoms with Crippen LogP contribution in [0.4, 0.5) is 0 Å². The Labute approximate surface area is 140 Å². The second kappa shape index (κ2) is 9.78. The summed E-state index contributed by atoms with van der Waals surface area (Å²) in [5, 5.41) is 0. The fraction of sp³-hybridized carbons (Fsp3) is 0.684. The van der Waals surface area contributed by atoms with Crippen LogP contribution in [-0.2, 0) is 0 Å². The molecule has 1 aliphatic heterocycles. The zero-order chi connectivity index (χ0) is 16.5. The monoisotopic (exact) mass is 320 g/mol. The minimum atomic E-state index is 0.277. The molecule has 23 heavy (non-hydrogen) atoms. The summed E-state index contributed by atoms with van der Waals surface area (Å²) in [6.45, 7) is 8.48. The number of hydrogen-bond donors (Lipinski definition) is 1. The molecule has 0 saturated carbocycles. The molecule has 1 aromatic rings. The van der Waals surface area contributed by atoms with E-state index >= 15 is 0 Å². The molecule has 2 N–H and O–H groups in total. The molecule has 0 spiro atoms. The number of unbranched alkanes of at least 4 members (excludes halogenated alkanes) is 1. The van der Waals surface area contributed by atoms with Crippen molar-refractivity contribution in [3.8, 4) is 11.5 Å². The van der Waals surface area contributed by atoms with Crippen molar-refractivity contribution in [2.75, 3.05) is 32.8 Å². The van der Waals surface area contributed by atoms with Gasteiger partial charge in [-0.3, -0.25) is 4.90 Å². The molecule has 4 heteroatoms. The molecule has 0 amide bonds. The minimum absolute atomic E-state index is 0.277. The number of piperidine rings is 1. The normalized spacial score (nSPS) is 17.0. The maximum absolute atomic E-state index is 6.08. The molecule has 0 aromatic heterocycles. The molecule has 1 saturated heterocycles. The smallest absolute Gasteiger partial charge is 0.161 e. The van der Waals surface area contributed by atoms with Crippen molar-refractivity contribution in [3.05, 3.63) is 23.8 Å². The summed E-state index contributed by atoms with van der Waals surface area (Å²) in [7, 11) is 0. The van der Waals surface area contributed by atoms with Gasteiger partial charge in [0.1, 0.15) is 0 Å². The maximum atomic E-state index is 6.08. The lowest BCUT2D eigenvalue weighted by atomic mass is 10.0. The third-order valence-corrected chi connectivity index (χ3v) is 4.46. The fourth-order valence-corrected chi connectivity index (χ4v) is 3.17. The molecule has 1 aromatic carbocycles. The minimum Gasteiger partial charge on any atom is -0.490 e. The number of benzene rings is 1. The molecule has 0 bridgehead atoms. The number of hydrogen-bond acceptors (Lipinski definition) is 4. The number of nitrogens with zero attached hydrogens (tertiary/aromatic N) is 1. The fourth-order valence-electron chi connectivity index (χ4n) is 3.17. The second-order valence-corrected chi connectivity index (χ2v) is 6.19. The molecule has 0 aliphatic carbocycles. The van der Waals surface area contributed by atoms with Gasteiger partial charge in [0.05, 0.1) is 13.2 Å². The first-order chi connectivity index (χ1) is 11.3. The predicted molar refractivity (Wildman–Crippen MR) is 95.2 cm³/mol. The van der Waals surface area contributed by atoms with Gasteiger partial charge in [-0.1, -0.05) is 25.8 Å². The van der Waals surface area contributed by atoms with E-state index in [0.717, 1.165) is 44.0 Å². The Morgan fingerprint density at radius 1 is 1.09 bits per heavy atom. The first-order valence-electron chi connectivity index (χ1n) is 9.13. The van der Waals surface area contributed by atoms with Gasteiger partial charge in [-0.15, -0.1) is 0 Å². The van der Waals surface area contributed by atoms with E-state index in [4.69, 9.17) is 15.2 Å². The highest BCUT2D eigenvalue weighted by molar-refractivity contribution is 5.44. The summed E-state index contributed by atoms with van der Waals surface area (Å²) in [6, 6.07) is 6.59. The zero-order valence-electron chi connectivity index (χ0n) is 14.7. The Bertz CT molecular complexity index is 459. The van der Waals surface area contributed by atoms with Crippen molar-refractivity contribution in [2.24, 2.45) is 5.73 Å². The number of ether oxygens (including phenoxy) is 2. The molecule has 1 fully saturated rings. The predicted octanol–water partition coefficient (Wildman–Crippen LogP) is 3.75. The second-order valence-electron chi connectivity index (χ2n) is 6.19. The number of rotatable bonds is 9. The Morgan fingerprint density at radius 3 is 2.52 bits per heavy atom. The molecule has 1 unspecified atom stereocenters. The molecule has 4 nitrogen and oxygen atoms in total. The van der Waals surface area contributed by atoms with Crippen molar-refractivity contribution >= 4 is 0 Å². The standard InChI is InChI=1S/C19H32N2O2/c1-3-5-13-23-18-10-9-16(14-19(18)22-4-2)17(15-20)21-11-7-6-8-12-21/h9-10,14,17H,3-8,11-13,15,20H2,1-2H3. The molecule has 1 aliphatic rings. The quantitative estimate of drug-likeness (QED) is 0.704. The van der Waals surface area contributed by atoms with Gasteiger partial charge in [0.15, 0.2) is 11.5 Å². The van der Waals surface area contributed by atoms with E-state index in [1.165, 1.54) is 24.8 Å². The zero-order valence-corrected chi connectivity index (χ0v) is 14.7. The van der Waals surface area contributed by atoms with Crippen LogP contribution in [0.25, 0.3) is 0 Å². The van der Waals surface area contributed by atoms with E-state index in [0.29, 0.717) is 13.2 Å². The van der Waals surface area contributed by atoms with Crippen LogP contribution >= 0.6 is 0 Å². The maximum Gasteiger partial charge on any atom is 0.161 e. The lowest BCUT2D eigenvalue weighted by Crippen LogP contribution is -2.37. The van der Waals surface area contributed by atoms with Crippen molar-refractivity contribution in [2.45, 2.75) is 52.0 Å². The highest BCUT2D eigenvalue weighted by atomic mass is 16.5. The molecule has 1 atom stereocenters. The van der Waals surface area contributed by atoms with Gasteiger partial charge in [0, 0.05) is 12.6 Å². The van der Waals surface area contributed by atoms with E-state index < -0.39 is 0 Å². The summed E-state index contributed by atoms with van der Waals surface area (Å²) in [6.07, 6.45) is 6.07. The Kier molecular flexibility index (Phi) is 7.69. The summed E-state index contributed by atoms with van der Waals surface area (Å²) < 4.78 is 11.7.